The van der Waals surface area contributed by atoms with Gasteiger partial charge in [-0.25, -0.2) is 4.79 Å². The highest BCUT2D eigenvalue weighted by molar-refractivity contribution is 5.91. The van der Waals surface area contributed by atoms with Crippen molar-refractivity contribution >= 4 is 11.7 Å². The molecule has 1 aromatic carbocycles. The molecule has 0 saturated carbocycles. The van der Waals surface area contributed by atoms with Crippen LogP contribution < -0.4 is 10.1 Å². The van der Waals surface area contributed by atoms with E-state index >= 15 is 0 Å². The van der Waals surface area contributed by atoms with Gasteiger partial charge in [0.15, 0.2) is 0 Å². The Hall–Kier alpha value is -1.71. The van der Waals surface area contributed by atoms with Gasteiger partial charge < -0.3 is 15.0 Å². The predicted octanol–water partition coefficient (Wildman–Crippen LogP) is 3.09. The molecule has 4 nitrogen and oxygen atoms in total. The molecular formula is C14H22N2O2. The van der Waals surface area contributed by atoms with Crippen LogP contribution in [-0.4, -0.2) is 32.1 Å². The van der Waals surface area contributed by atoms with Crippen molar-refractivity contribution in [2.75, 3.05) is 26.5 Å². The maximum Gasteiger partial charge on any atom is 0.321 e. The summed E-state index contributed by atoms with van der Waals surface area (Å²) in [5.74, 6) is 0.722. The van der Waals surface area contributed by atoms with Crippen LogP contribution in [0, 0.1) is 0 Å². The molecule has 0 saturated heterocycles. The third-order valence-corrected chi connectivity index (χ3v) is 2.67. The van der Waals surface area contributed by atoms with Crippen molar-refractivity contribution in [3.63, 3.8) is 0 Å². The van der Waals surface area contributed by atoms with Gasteiger partial charge in [-0.05, 0) is 11.5 Å². The highest BCUT2D eigenvalue weighted by Crippen LogP contribution is 2.36. The number of carbonyl (C=O) groups excluding carboxylic acids is 1. The molecule has 0 radical (unpaired) electrons. The van der Waals surface area contributed by atoms with E-state index in [0.717, 1.165) is 11.3 Å². The van der Waals surface area contributed by atoms with E-state index in [9.17, 15) is 4.79 Å². The highest BCUT2D eigenvalue weighted by atomic mass is 16.5. The van der Waals surface area contributed by atoms with Crippen LogP contribution in [0.1, 0.15) is 26.3 Å². The van der Waals surface area contributed by atoms with Crippen LogP contribution in [0.4, 0.5) is 10.5 Å². The van der Waals surface area contributed by atoms with Gasteiger partial charge in [-0.1, -0.05) is 32.9 Å². The standard InChI is InChI=1S/C14H22N2O2/c1-14(2,3)10-8-7-9-11(12(10)18-6)15-13(17)16(4)5/h7-9H,1-6H3,(H,15,17). The molecule has 0 aliphatic carbocycles. The molecule has 0 aliphatic rings. The van der Waals surface area contributed by atoms with Gasteiger partial charge in [0.25, 0.3) is 0 Å². The van der Waals surface area contributed by atoms with Gasteiger partial charge in [0.05, 0.1) is 12.8 Å². The summed E-state index contributed by atoms with van der Waals surface area (Å²) in [6, 6.07) is 5.62. The SMILES string of the molecule is COc1c(NC(=O)N(C)C)cccc1C(C)(C)C. The van der Waals surface area contributed by atoms with Crippen LogP contribution >= 0.6 is 0 Å². The summed E-state index contributed by atoms with van der Waals surface area (Å²) in [6.45, 7) is 6.34. The lowest BCUT2D eigenvalue weighted by molar-refractivity contribution is 0.230. The number of nitrogens with one attached hydrogen (secondary N) is 1. The fraction of sp³-hybridized carbons (Fsp3) is 0.500. The van der Waals surface area contributed by atoms with E-state index in [-0.39, 0.29) is 11.4 Å². The topological polar surface area (TPSA) is 41.6 Å². The third-order valence-electron chi connectivity index (χ3n) is 2.67. The smallest absolute Gasteiger partial charge is 0.321 e. The molecule has 0 atom stereocenters. The first-order chi connectivity index (χ1) is 8.27. The zero-order valence-electron chi connectivity index (χ0n) is 12.0. The first-order valence-corrected chi connectivity index (χ1v) is 5.93. The Bertz CT molecular complexity index is 434. The number of benzene rings is 1. The lowest BCUT2D eigenvalue weighted by Gasteiger charge is -2.24. The van der Waals surface area contributed by atoms with Crippen molar-refractivity contribution in [2.24, 2.45) is 0 Å². The average molecular weight is 250 g/mol. The first-order valence-electron chi connectivity index (χ1n) is 5.93. The third kappa shape index (κ3) is 3.15. The number of ether oxygens (including phenoxy) is 1. The van der Waals surface area contributed by atoms with Crippen molar-refractivity contribution in [1.82, 2.24) is 4.90 Å². The molecule has 100 valence electrons. The number of amides is 2. The van der Waals surface area contributed by atoms with Crippen molar-refractivity contribution in [1.29, 1.82) is 0 Å². The molecule has 0 bridgehead atoms. The summed E-state index contributed by atoms with van der Waals surface area (Å²) < 4.78 is 5.45. The van der Waals surface area contributed by atoms with Gasteiger partial charge in [0.1, 0.15) is 5.75 Å². The second kappa shape index (κ2) is 5.29. The van der Waals surface area contributed by atoms with E-state index < -0.39 is 0 Å². The Kier molecular flexibility index (Phi) is 4.22. The molecule has 0 aliphatic heterocycles. The van der Waals surface area contributed by atoms with E-state index in [0.29, 0.717) is 5.69 Å². The maximum absolute atomic E-state index is 11.7. The van der Waals surface area contributed by atoms with Crippen LogP contribution in [0.25, 0.3) is 0 Å². The number of para-hydroxylation sites is 1. The van der Waals surface area contributed by atoms with Gasteiger partial charge in [-0.2, -0.15) is 0 Å². The predicted molar refractivity (Wildman–Crippen MR) is 74.4 cm³/mol. The molecule has 0 spiro atoms. The lowest BCUT2D eigenvalue weighted by Crippen LogP contribution is -2.27. The minimum atomic E-state index is -0.167. The Morgan fingerprint density at radius 3 is 2.33 bits per heavy atom. The average Bonchev–Trinajstić information content (AvgIpc) is 2.27. The van der Waals surface area contributed by atoms with Gasteiger partial charge in [-0.3, -0.25) is 0 Å². The molecular weight excluding hydrogens is 228 g/mol. The Labute approximate surface area is 109 Å². The number of anilines is 1. The summed E-state index contributed by atoms with van der Waals surface area (Å²) in [4.78, 5) is 13.2. The second-order valence-electron chi connectivity index (χ2n) is 5.46. The zero-order chi connectivity index (χ0) is 13.9. The quantitative estimate of drug-likeness (QED) is 0.876. The molecule has 1 N–H and O–H groups in total. The van der Waals surface area contributed by atoms with Crippen molar-refractivity contribution in [2.45, 2.75) is 26.2 Å². The molecule has 2 amide bonds. The fourth-order valence-corrected chi connectivity index (χ4v) is 1.67. The number of hydrogen-bond donors (Lipinski definition) is 1. The fourth-order valence-electron chi connectivity index (χ4n) is 1.67. The molecule has 4 heteroatoms. The molecule has 1 rings (SSSR count). The monoisotopic (exact) mass is 250 g/mol. The molecule has 1 aromatic rings. The van der Waals surface area contributed by atoms with E-state index in [1.165, 1.54) is 4.90 Å². The summed E-state index contributed by atoms with van der Waals surface area (Å²) in [6.07, 6.45) is 0. The number of hydrogen-bond acceptors (Lipinski definition) is 2. The summed E-state index contributed by atoms with van der Waals surface area (Å²) in [5, 5.41) is 2.84. The largest absolute Gasteiger partial charge is 0.494 e. The van der Waals surface area contributed by atoms with Crippen LogP contribution in [0.15, 0.2) is 18.2 Å². The second-order valence-corrected chi connectivity index (χ2v) is 5.46. The van der Waals surface area contributed by atoms with Crippen LogP contribution in [0.2, 0.25) is 0 Å². The maximum atomic E-state index is 11.7. The van der Waals surface area contributed by atoms with Crippen molar-refractivity contribution in [3.05, 3.63) is 23.8 Å². The van der Waals surface area contributed by atoms with E-state index in [2.05, 4.69) is 26.1 Å². The Balaban J connectivity index is 3.17. The summed E-state index contributed by atoms with van der Waals surface area (Å²) >= 11 is 0. The normalized spacial score (nSPS) is 11.0. The molecule has 0 heterocycles. The highest BCUT2D eigenvalue weighted by Gasteiger charge is 2.21. The molecule has 0 aromatic heterocycles. The number of urea groups is 1. The van der Waals surface area contributed by atoms with Crippen molar-refractivity contribution in [3.8, 4) is 5.75 Å². The van der Waals surface area contributed by atoms with Crippen molar-refractivity contribution < 1.29 is 9.53 Å². The minimum absolute atomic E-state index is 0.0375. The van der Waals surface area contributed by atoms with Crippen LogP contribution in [0.3, 0.4) is 0 Å². The molecule has 0 unspecified atom stereocenters. The number of carbonyl (C=O) groups is 1. The Morgan fingerprint density at radius 2 is 1.89 bits per heavy atom. The van der Waals surface area contributed by atoms with Crippen LogP contribution in [-0.2, 0) is 5.41 Å². The minimum Gasteiger partial charge on any atom is -0.494 e. The van der Waals surface area contributed by atoms with Gasteiger partial charge in [-0.15, -0.1) is 0 Å². The summed E-state index contributed by atoms with van der Waals surface area (Å²) in [7, 11) is 5.03. The molecule has 18 heavy (non-hydrogen) atoms. The number of methoxy groups -OCH3 is 1. The van der Waals surface area contributed by atoms with Crippen LogP contribution in [0.5, 0.6) is 5.75 Å². The lowest BCUT2D eigenvalue weighted by atomic mass is 9.86. The van der Waals surface area contributed by atoms with E-state index in [1.807, 2.05) is 18.2 Å². The Morgan fingerprint density at radius 1 is 1.28 bits per heavy atom. The first kappa shape index (κ1) is 14.4. The van der Waals surface area contributed by atoms with Gasteiger partial charge >= 0.3 is 6.03 Å². The van der Waals surface area contributed by atoms with E-state index in [1.54, 1.807) is 21.2 Å². The van der Waals surface area contributed by atoms with E-state index in [4.69, 9.17) is 4.74 Å². The molecule has 0 fully saturated rings. The van der Waals surface area contributed by atoms with Gasteiger partial charge in [0.2, 0.25) is 0 Å². The van der Waals surface area contributed by atoms with Gasteiger partial charge in [0, 0.05) is 19.7 Å². The number of nitrogens with zero attached hydrogens (tertiary/aromatic N) is 1. The summed E-state index contributed by atoms with van der Waals surface area (Å²) in [5.41, 5.74) is 1.73. The zero-order valence-corrected chi connectivity index (χ0v) is 12.0. The number of rotatable bonds is 2.